The van der Waals surface area contributed by atoms with Crippen LogP contribution in [0.25, 0.3) is 0 Å². The first-order chi connectivity index (χ1) is 12.7. The third-order valence-electron chi connectivity index (χ3n) is 4.80. The van der Waals surface area contributed by atoms with Gasteiger partial charge in [-0.05, 0) is 38.5 Å². The number of carbonyl (C=O) groups excluding carboxylic acids is 2. The fourth-order valence-electron chi connectivity index (χ4n) is 3.03. The van der Waals surface area contributed by atoms with Gasteiger partial charge in [-0.25, -0.2) is 4.79 Å². The Labute approximate surface area is 159 Å². The van der Waals surface area contributed by atoms with Gasteiger partial charge >= 0.3 is 5.97 Å². The third kappa shape index (κ3) is 5.55. The number of aliphatic carboxylic acids is 1. The molecule has 0 aliphatic heterocycles. The molecule has 8 heteroatoms. The summed E-state index contributed by atoms with van der Waals surface area (Å²) in [6, 6.07) is -0.748. The van der Waals surface area contributed by atoms with Crippen LogP contribution in [0.3, 0.4) is 0 Å². The van der Waals surface area contributed by atoms with Crippen molar-refractivity contribution in [2.24, 2.45) is 5.92 Å². The van der Waals surface area contributed by atoms with Crippen LogP contribution in [0.15, 0.2) is 6.20 Å². The molecule has 3 N–H and O–H groups in total. The standard InChI is InChI=1S/C19H30N4O4/c1-5-12(4)23-17(13-6-7-13)14(9-21-23)18(25)20-10-16(24)22-15(19(26)27)8-11(2)3/h9,11-13,15H,5-8,10H2,1-4H3,(H,20,25)(H,22,24)(H,26,27)/t12?,15-/m0/s1. The molecule has 1 heterocycles. The van der Waals surface area contributed by atoms with Crippen LogP contribution >= 0.6 is 0 Å². The molecule has 1 aliphatic rings. The molecule has 0 spiro atoms. The van der Waals surface area contributed by atoms with Gasteiger partial charge in [0.2, 0.25) is 5.91 Å². The molecular formula is C19H30N4O4. The number of carboxylic acid groups (broad SMARTS) is 1. The molecule has 150 valence electrons. The minimum absolute atomic E-state index is 0.133. The van der Waals surface area contributed by atoms with E-state index < -0.39 is 17.9 Å². The first kappa shape index (κ1) is 20.9. The topological polar surface area (TPSA) is 113 Å². The zero-order valence-electron chi connectivity index (χ0n) is 16.5. The van der Waals surface area contributed by atoms with E-state index in [1.165, 1.54) is 0 Å². The van der Waals surface area contributed by atoms with Gasteiger partial charge in [-0.3, -0.25) is 14.3 Å². The Morgan fingerprint density at radius 1 is 1.30 bits per heavy atom. The van der Waals surface area contributed by atoms with Crippen LogP contribution in [0.4, 0.5) is 0 Å². The fraction of sp³-hybridized carbons (Fsp3) is 0.684. The fourth-order valence-corrected chi connectivity index (χ4v) is 3.03. The van der Waals surface area contributed by atoms with Crippen LogP contribution in [0.5, 0.6) is 0 Å². The molecule has 1 aromatic rings. The maximum absolute atomic E-state index is 12.6. The third-order valence-corrected chi connectivity index (χ3v) is 4.80. The summed E-state index contributed by atoms with van der Waals surface area (Å²) in [4.78, 5) is 35.9. The highest BCUT2D eigenvalue weighted by molar-refractivity contribution is 5.97. The number of hydrogen-bond acceptors (Lipinski definition) is 4. The molecule has 1 aromatic heterocycles. The Hall–Kier alpha value is -2.38. The summed E-state index contributed by atoms with van der Waals surface area (Å²) in [5, 5.41) is 18.6. The molecule has 0 bridgehead atoms. The molecule has 0 radical (unpaired) electrons. The smallest absolute Gasteiger partial charge is 0.326 e. The normalized spacial score (nSPS) is 16.0. The van der Waals surface area contributed by atoms with Gasteiger partial charge in [0.25, 0.3) is 5.91 Å². The van der Waals surface area contributed by atoms with Crippen molar-refractivity contribution in [2.75, 3.05) is 6.54 Å². The lowest BCUT2D eigenvalue weighted by Crippen LogP contribution is -2.46. The molecule has 2 rings (SSSR count). The van der Waals surface area contributed by atoms with Gasteiger partial charge in [-0.1, -0.05) is 20.8 Å². The zero-order chi connectivity index (χ0) is 20.1. The molecule has 0 aromatic carbocycles. The van der Waals surface area contributed by atoms with Crippen LogP contribution in [0, 0.1) is 5.92 Å². The maximum Gasteiger partial charge on any atom is 0.326 e. The largest absolute Gasteiger partial charge is 0.480 e. The predicted octanol–water partition coefficient (Wildman–Crippen LogP) is 2.08. The maximum atomic E-state index is 12.6. The van der Waals surface area contributed by atoms with Crippen LogP contribution in [-0.2, 0) is 9.59 Å². The van der Waals surface area contributed by atoms with Crippen molar-refractivity contribution in [1.29, 1.82) is 0 Å². The average Bonchev–Trinajstić information content (AvgIpc) is 3.35. The number of carbonyl (C=O) groups is 3. The van der Waals surface area contributed by atoms with Gasteiger partial charge in [0.05, 0.1) is 24.0 Å². The number of nitrogens with one attached hydrogen (secondary N) is 2. The van der Waals surface area contributed by atoms with Gasteiger partial charge in [0, 0.05) is 12.0 Å². The summed E-state index contributed by atoms with van der Waals surface area (Å²) < 4.78 is 1.91. The number of amides is 2. The van der Waals surface area contributed by atoms with Crippen molar-refractivity contribution in [3.8, 4) is 0 Å². The number of hydrogen-bond donors (Lipinski definition) is 3. The molecule has 2 atom stereocenters. The van der Waals surface area contributed by atoms with Gasteiger partial charge in [0.15, 0.2) is 0 Å². The minimum atomic E-state index is -1.07. The summed E-state index contributed by atoms with van der Waals surface area (Å²) in [5.41, 5.74) is 1.44. The van der Waals surface area contributed by atoms with E-state index in [1.807, 2.05) is 18.5 Å². The number of carboxylic acids is 1. The summed E-state index contributed by atoms with van der Waals surface area (Å²) >= 11 is 0. The second-order valence-electron chi connectivity index (χ2n) is 7.69. The van der Waals surface area contributed by atoms with Crippen molar-refractivity contribution in [3.63, 3.8) is 0 Å². The number of aromatic nitrogens is 2. The van der Waals surface area contributed by atoms with E-state index in [-0.39, 0.29) is 24.4 Å². The van der Waals surface area contributed by atoms with E-state index in [4.69, 9.17) is 0 Å². The first-order valence-electron chi connectivity index (χ1n) is 9.62. The highest BCUT2D eigenvalue weighted by Gasteiger charge is 2.33. The van der Waals surface area contributed by atoms with Crippen molar-refractivity contribution < 1.29 is 19.5 Å². The van der Waals surface area contributed by atoms with Gasteiger partial charge in [-0.2, -0.15) is 5.10 Å². The van der Waals surface area contributed by atoms with E-state index in [9.17, 15) is 19.5 Å². The lowest BCUT2D eigenvalue weighted by Gasteiger charge is -2.17. The highest BCUT2D eigenvalue weighted by atomic mass is 16.4. The van der Waals surface area contributed by atoms with Crippen LogP contribution < -0.4 is 10.6 Å². The quantitative estimate of drug-likeness (QED) is 0.577. The van der Waals surface area contributed by atoms with Crippen LogP contribution in [-0.4, -0.2) is 45.3 Å². The summed E-state index contributed by atoms with van der Waals surface area (Å²) in [6.07, 6.45) is 4.89. The molecule has 27 heavy (non-hydrogen) atoms. The Balaban J connectivity index is 1.98. The van der Waals surface area contributed by atoms with E-state index in [2.05, 4.69) is 29.6 Å². The molecule has 0 saturated heterocycles. The van der Waals surface area contributed by atoms with Gasteiger partial charge in [0.1, 0.15) is 6.04 Å². The molecular weight excluding hydrogens is 348 g/mol. The van der Waals surface area contributed by atoms with Crippen molar-refractivity contribution >= 4 is 17.8 Å². The van der Waals surface area contributed by atoms with Gasteiger partial charge in [-0.15, -0.1) is 0 Å². The van der Waals surface area contributed by atoms with Crippen LogP contribution in [0.2, 0.25) is 0 Å². The number of rotatable bonds is 10. The van der Waals surface area contributed by atoms with E-state index in [0.717, 1.165) is 25.0 Å². The highest BCUT2D eigenvalue weighted by Crippen LogP contribution is 2.42. The summed E-state index contributed by atoms with van der Waals surface area (Å²) in [7, 11) is 0. The van der Waals surface area contributed by atoms with Gasteiger partial charge < -0.3 is 15.7 Å². The molecule has 1 aliphatic carbocycles. The average molecular weight is 378 g/mol. The first-order valence-corrected chi connectivity index (χ1v) is 9.62. The van der Waals surface area contributed by atoms with E-state index >= 15 is 0 Å². The van der Waals surface area contributed by atoms with E-state index in [1.54, 1.807) is 6.20 Å². The van der Waals surface area contributed by atoms with Crippen molar-refractivity contribution in [2.45, 2.75) is 71.4 Å². The second kappa shape index (κ2) is 9.01. The Morgan fingerprint density at radius 3 is 2.48 bits per heavy atom. The minimum Gasteiger partial charge on any atom is -0.480 e. The van der Waals surface area contributed by atoms with E-state index in [0.29, 0.717) is 17.9 Å². The molecule has 2 amide bonds. The van der Waals surface area contributed by atoms with Crippen LogP contribution in [0.1, 0.15) is 81.4 Å². The predicted molar refractivity (Wildman–Crippen MR) is 101 cm³/mol. The second-order valence-corrected chi connectivity index (χ2v) is 7.69. The van der Waals surface area contributed by atoms with Crippen molar-refractivity contribution in [3.05, 3.63) is 17.5 Å². The Bertz CT molecular complexity index is 694. The molecule has 1 saturated carbocycles. The lowest BCUT2D eigenvalue weighted by atomic mass is 10.0. The zero-order valence-corrected chi connectivity index (χ0v) is 16.5. The number of nitrogens with zero attached hydrogens (tertiary/aromatic N) is 2. The Kier molecular flexibility index (Phi) is 6.98. The molecule has 1 unspecified atom stereocenters. The molecule has 8 nitrogen and oxygen atoms in total. The van der Waals surface area contributed by atoms with Crippen molar-refractivity contribution in [1.82, 2.24) is 20.4 Å². The Morgan fingerprint density at radius 2 is 1.96 bits per heavy atom. The summed E-state index contributed by atoms with van der Waals surface area (Å²) in [6.45, 7) is 7.65. The summed E-state index contributed by atoms with van der Waals surface area (Å²) in [5.74, 6) is -1.46. The lowest BCUT2D eigenvalue weighted by molar-refractivity contribution is -0.142. The molecule has 1 fully saturated rings. The monoisotopic (exact) mass is 378 g/mol. The SMILES string of the molecule is CCC(C)n1ncc(C(=O)NCC(=O)N[C@@H](CC(C)C)C(=O)O)c1C1CC1.